The number of nitrogens with zero attached hydrogens (tertiary/aromatic N) is 1. The SMILES string of the molecule is CCC(CSC)n1c(=S)[nH]c2cc(OC)ccc21. The van der Waals surface area contributed by atoms with Crippen molar-refractivity contribution in [1.82, 2.24) is 9.55 Å². The van der Waals surface area contributed by atoms with Gasteiger partial charge >= 0.3 is 0 Å². The molecule has 0 aliphatic carbocycles. The molecule has 98 valence electrons. The van der Waals surface area contributed by atoms with Crippen molar-refractivity contribution in [3.05, 3.63) is 23.0 Å². The van der Waals surface area contributed by atoms with Crippen LogP contribution in [0.1, 0.15) is 19.4 Å². The average molecular weight is 282 g/mol. The maximum atomic E-state index is 5.45. The number of H-pyrrole nitrogens is 1. The Kier molecular flexibility index (Phi) is 4.35. The quantitative estimate of drug-likeness (QED) is 0.840. The minimum absolute atomic E-state index is 0.439. The zero-order valence-electron chi connectivity index (χ0n) is 10.9. The first-order chi connectivity index (χ1) is 8.71. The molecule has 2 rings (SSSR count). The van der Waals surface area contributed by atoms with Crippen molar-refractivity contribution in [3.63, 3.8) is 0 Å². The molecule has 3 nitrogen and oxygen atoms in total. The number of imidazole rings is 1. The van der Waals surface area contributed by atoms with Crippen molar-refractivity contribution in [3.8, 4) is 5.75 Å². The predicted molar refractivity (Wildman–Crippen MR) is 81.4 cm³/mol. The number of hydrogen-bond donors (Lipinski definition) is 1. The standard InChI is InChI=1S/C13H18N2OS2/c1-4-9(8-18-3)15-12-6-5-10(16-2)7-11(12)14-13(15)17/h5-7,9H,4,8H2,1-3H3,(H,14,17). The van der Waals surface area contributed by atoms with E-state index in [4.69, 9.17) is 17.0 Å². The minimum atomic E-state index is 0.439. The third-order valence-electron chi connectivity index (χ3n) is 3.12. The lowest BCUT2D eigenvalue weighted by molar-refractivity contribution is 0.415. The molecule has 0 spiro atoms. The first kappa shape index (κ1) is 13.5. The van der Waals surface area contributed by atoms with Gasteiger partial charge in [0, 0.05) is 17.9 Å². The Morgan fingerprint density at radius 1 is 1.50 bits per heavy atom. The summed E-state index contributed by atoms with van der Waals surface area (Å²) < 4.78 is 8.25. The number of fused-ring (bicyclic) bond motifs is 1. The Balaban J connectivity index is 2.56. The second-order valence-corrected chi connectivity index (χ2v) is 5.50. The summed E-state index contributed by atoms with van der Waals surface area (Å²) in [7, 11) is 1.68. The van der Waals surface area contributed by atoms with E-state index in [1.54, 1.807) is 7.11 Å². The molecule has 0 radical (unpaired) electrons. The van der Waals surface area contributed by atoms with E-state index < -0.39 is 0 Å². The number of nitrogens with one attached hydrogen (secondary N) is 1. The number of benzene rings is 1. The first-order valence-corrected chi connectivity index (χ1v) is 7.78. The fourth-order valence-electron chi connectivity index (χ4n) is 2.17. The van der Waals surface area contributed by atoms with E-state index >= 15 is 0 Å². The van der Waals surface area contributed by atoms with Crippen LogP contribution in [-0.4, -0.2) is 28.7 Å². The van der Waals surface area contributed by atoms with Gasteiger partial charge in [0.1, 0.15) is 5.75 Å². The zero-order valence-corrected chi connectivity index (χ0v) is 12.5. The van der Waals surface area contributed by atoms with Gasteiger partial charge in [-0.1, -0.05) is 6.92 Å². The lowest BCUT2D eigenvalue weighted by Crippen LogP contribution is -2.10. The van der Waals surface area contributed by atoms with E-state index in [1.165, 1.54) is 0 Å². The lowest BCUT2D eigenvalue weighted by Gasteiger charge is -2.16. The Morgan fingerprint density at radius 2 is 2.28 bits per heavy atom. The van der Waals surface area contributed by atoms with E-state index in [1.807, 2.05) is 23.9 Å². The van der Waals surface area contributed by atoms with Gasteiger partial charge in [-0.3, -0.25) is 0 Å². The van der Waals surface area contributed by atoms with E-state index in [0.29, 0.717) is 6.04 Å². The molecule has 0 amide bonds. The summed E-state index contributed by atoms with van der Waals surface area (Å²) in [5.41, 5.74) is 2.20. The van der Waals surface area contributed by atoms with Crippen LogP contribution >= 0.6 is 24.0 Å². The van der Waals surface area contributed by atoms with Crippen molar-refractivity contribution in [1.29, 1.82) is 0 Å². The molecule has 2 aromatic rings. The highest BCUT2D eigenvalue weighted by molar-refractivity contribution is 7.98. The monoisotopic (exact) mass is 282 g/mol. The molecular formula is C13H18N2OS2. The van der Waals surface area contributed by atoms with Crippen molar-refractivity contribution in [2.24, 2.45) is 0 Å². The average Bonchev–Trinajstić information content (AvgIpc) is 2.71. The summed E-state index contributed by atoms with van der Waals surface area (Å²) >= 11 is 7.30. The molecule has 1 aromatic heterocycles. The number of ether oxygens (including phenoxy) is 1. The molecular weight excluding hydrogens is 264 g/mol. The molecule has 1 heterocycles. The Morgan fingerprint density at radius 3 is 2.89 bits per heavy atom. The van der Waals surface area contributed by atoms with Gasteiger partial charge in [0.05, 0.1) is 18.1 Å². The number of hydrogen-bond acceptors (Lipinski definition) is 3. The van der Waals surface area contributed by atoms with Crippen LogP contribution in [0.5, 0.6) is 5.75 Å². The number of rotatable bonds is 5. The van der Waals surface area contributed by atoms with Gasteiger partial charge in [0.2, 0.25) is 0 Å². The van der Waals surface area contributed by atoms with Crippen LogP contribution in [-0.2, 0) is 0 Å². The molecule has 0 fully saturated rings. The summed E-state index contributed by atoms with van der Waals surface area (Å²) in [6, 6.07) is 6.49. The van der Waals surface area contributed by atoms with Gasteiger partial charge in [0.15, 0.2) is 4.77 Å². The van der Waals surface area contributed by atoms with Crippen LogP contribution in [0.25, 0.3) is 11.0 Å². The van der Waals surface area contributed by atoms with Gasteiger partial charge in [-0.2, -0.15) is 11.8 Å². The van der Waals surface area contributed by atoms with Crippen molar-refractivity contribution < 1.29 is 4.74 Å². The molecule has 0 saturated heterocycles. The van der Waals surface area contributed by atoms with Gasteiger partial charge in [-0.15, -0.1) is 0 Å². The fourth-order valence-corrected chi connectivity index (χ4v) is 3.29. The van der Waals surface area contributed by atoms with Gasteiger partial charge < -0.3 is 14.3 Å². The van der Waals surface area contributed by atoms with Crippen LogP contribution in [0.4, 0.5) is 0 Å². The Hall–Kier alpha value is -0.940. The fraction of sp³-hybridized carbons (Fsp3) is 0.462. The van der Waals surface area contributed by atoms with Crippen molar-refractivity contribution in [2.75, 3.05) is 19.1 Å². The minimum Gasteiger partial charge on any atom is -0.497 e. The second-order valence-electron chi connectivity index (χ2n) is 4.20. The van der Waals surface area contributed by atoms with E-state index in [0.717, 1.165) is 33.7 Å². The first-order valence-electron chi connectivity index (χ1n) is 5.98. The normalized spacial score (nSPS) is 12.8. The van der Waals surface area contributed by atoms with Crippen LogP contribution < -0.4 is 4.74 Å². The Labute approximate surface area is 117 Å². The molecule has 1 aromatic carbocycles. The summed E-state index contributed by atoms with van der Waals surface area (Å²) in [5, 5.41) is 0. The maximum Gasteiger partial charge on any atom is 0.178 e. The highest BCUT2D eigenvalue weighted by atomic mass is 32.2. The highest BCUT2D eigenvalue weighted by Crippen LogP contribution is 2.26. The second kappa shape index (κ2) is 5.80. The summed E-state index contributed by atoms with van der Waals surface area (Å²) in [5.74, 6) is 1.92. The molecule has 1 atom stereocenters. The smallest absolute Gasteiger partial charge is 0.178 e. The third kappa shape index (κ3) is 2.42. The molecule has 0 aliphatic rings. The van der Waals surface area contributed by atoms with E-state index in [9.17, 15) is 0 Å². The van der Waals surface area contributed by atoms with Gasteiger partial charge in [-0.25, -0.2) is 0 Å². The molecule has 0 saturated carbocycles. The van der Waals surface area contributed by atoms with Crippen LogP contribution in [0.15, 0.2) is 18.2 Å². The molecule has 1 unspecified atom stereocenters. The van der Waals surface area contributed by atoms with Crippen LogP contribution in [0.2, 0.25) is 0 Å². The van der Waals surface area contributed by atoms with Gasteiger partial charge in [0.25, 0.3) is 0 Å². The molecule has 0 bridgehead atoms. The number of thioether (sulfide) groups is 1. The van der Waals surface area contributed by atoms with E-state index in [2.05, 4.69) is 28.8 Å². The number of aromatic amines is 1. The molecule has 0 aliphatic heterocycles. The van der Waals surface area contributed by atoms with Crippen LogP contribution in [0, 0.1) is 4.77 Å². The summed E-state index contributed by atoms with van der Waals surface area (Å²) in [6.45, 7) is 2.20. The maximum absolute atomic E-state index is 5.45. The Bertz CT molecular complexity index is 588. The third-order valence-corrected chi connectivity index (χ3v) is 4.14. The number of methoxy groups -OCH3 is 1. The number of aromatic nitrogens is 2. The van der Waals surface area contributed by atoms with Crippen molar-refractivity contribution in [2.45, 2.75) is 19.4 Å². The highest BCUT2D eigenvalue weighted by Gasteiger charge is 2.13. The largest absolute Gasteiger partial charge is 0.497 e. The molecule has 1 N–H and O–H groups in total. The zero-order chi connectivity index (χ0) is 13.1. The van der Waals surface area contributed by atoms with E-state index in [-0.39, 0.29) is 0 Å². The molecule has 5 heteroatoms. The predicted octanol–water partition coefficient (Wildman–Crippen LogP) is 4.02. The molecule has 18 heavy (non-hydrogen) atoms. The van der Waals surface area contributed by atoms with Crippen molar-refractivity contribution >= 4 is 35.0 Å². The summed E-state index contributed by atoms with van der Waals surface area (Å²) in [6.07, 6.45) is 3.21. The van der Waals surface area contributed by atoms with Gasteiger partial charge in [-0.05, 0) is 37.0 Å². The lowest BCUT2D eigenvalue weighted by atomic mass is 10.2. The summed E-state index contributed by atoms with van der Waals surface area (Å²) in [4.78, 5) is 3.26. The topological polar surface area (TPSA) is 29.9 Å². The van der Waals surface area contributed by atoms with Crippen LogP contribution in [0.3, 0.4) is 0 Å².